The highest BCUT2D eigenvalue weighted by Crippen LogP contribution is 2.23. The topological polar surface area (TPSA) is 51.2 Å². The van der Waals surface area contributed by atoms with Crippen molar-refractivity contribution in [3.8, 4) is 0 Å². The molecule has 2 unspecified atom stereocenters. The first kappa shape index (κ1) is 12.0. The van der Waals surface area contributed by atoms with Gasteiger partial charge >= 0.3 is 0 Å². The number of anilines is 1. The summed E-state index contributed by atoms with van der Waals surface area (Å²) in [5.41, 5.74) is 1.81. The van der Waals surface area contributed by atoms with Gasteiger partial charge in [-0.2, -0.15) is 0 Å². The van der Waals surface area contributed by atoms with Crippen molar-refractivity contribution in [3.63, 3.8) is 0 Å². The Balaban J connectivity index is 2.03. The van der Waals surface area contributed by atoms with Gasteiger partial charge in [0.05, 0.1) is 12.0 Å². The van der Waals surface area contributed by atoms with Crippen molar-refractivity contribution in [1.82, 2.24) is 4.98 Å². The number of amides is 1. The van der Waals surface area contributed by atoms with E-state index in [1.165, 1.54) is 0 Å². The van der Waals surface area contributed by atoms with Gasteiger partial charge in [0, 0.05) is 24.7 Å². The molecule has 0 aliphatic carbocycles. The molecule has 0 spiro atoms. The first-order valence-corrected chi connectivity index (χ1v) is 6.01. The third-order valence-electron chi connectivity index (χ3n) is 3.22. The van der Waals surface area contributed by atoms with E-state index in [9.17, 15) is 4.79 Å². The minimum Gasteiger partial charge on any atom is -0.378 e. The van der Waals surface area contributed by atoms with E-state index in [2.05, 4.69) is 10.3 Å². The van der Waals surface area contributed by atoms with Crippen LogP contribution in [0.25, 0.3) is 0 Å². The zero-order chi connectivity index (χ0) is 12.3. The summed E-state index contributed by atoms with van der Waals surface area (Å²) in [6, 6.07) is 1.82. The molecule has 1 aliphatic rings. The van der Waals surface area contributed by atoms with Crippen LogP contribution in [0.4, 0.5) is 5.69 Å². The fourth-order valence-corrected chi connectivity index (χ4v) is 2.11. The first-order chi connectivity index (χ1) is 8.18. The van der Waals surface area contributed by atoms with Gasteiger partial charge in [0.25, 0.3) is 0 Å². The molecule has 2 rings (SSSR count). The number of carbonyl (C=O) groups is 1. The molecule has 0 aromatic carbocycles. The molecule has 1 aromatic heterocycles. The van der Waals surface area contributed by atoms with Crippen molar-refractivity contribution in [3.05, 3.63) is 24.0 Å². The minimum atomic E-state index is -0.0451. The molecule has 1 aliphatic heterocycles. The second-order valence-electron chi connectivity index (χ2n) is 4.50. The zero-order valence-corrected chi connectivity index (χ0v) is 10.3. The van der Waals surface area contributed by atoms with Crippen molar-refractivity contribution in [2.75, 3.05) is 11.9 Å². The van der Waals surface area contributed by atoms with Crippen LogP contribution in [-0.4, -0.2) is 23.6 Å². The van der Waals surface area contributed by atoms with Gasteiger partial charge in [-0.05, 0) is 38.3 Å². The Morgan fingerprint density at radius 1 is 1.59 bits per heavy atom. The van der Waals surface area contributed by atoms with Gasteiger partial charge in [-0.15, -0.1) is 0 Å². The molecular weight excluding hydrogens is 216 g/mol. The zero-order valence-electron chi connectivity index (χ0n) is 10.3. The van der Waals surface area contributed by atoms with Crippen molar-refractivity contribution in [2.24, 2.45) is 5.92 Å². The van der Waals surface area contributed by atoms with E-state index >= 15 is 0 Å². The molecular formula is C13H18N2O2. The molecule has 1 amide bonds. The summed E-state index contributed by atoms with van der Waals surface area (Å²) in [5.74, 6) is 0.00261. The van der Waals surface area contributed by atoms with E-state index in [4.69, 9.17) is 4.74 Å². The van der Waals surface area contributed by atoms with Gasteiger partial charge in [-0.3, -0.25) is 9.78 Å². The summed E-state index contributed by atoms with van der Waals surface area (Å²) >= 11 is 0. The predicted octanol–water partition coefficient (Wildman–Crippen LogP) is 2.14. The third-order valence-corrected chi connectivity index (χ3v) is 3.22. The molecule has 0 bridgehead atoms. The van der Waals surface area contributed by atoms with E-state index in [-0.39, 0.29) is 17.9 Å². The number of nitrogens with one attached hydrogen (secondary N) is 1. The maximum atomic E-state index is 12.1. The van der Waals surface area contributed by atoms with Crippen LogP contribution in [0.15, 0.2) is 18.5 Å². The van der Waals surface area contributed by atoms with Crippen molar-refractivity contribution >= 4 is 11.6 Å². The number of ether oxygens (including phenoxy) is 1. The molecule has 0 saturated carbocycles. The average Bonchev–Trinajstić information content (AvgIpc) is 2.32. The number of aromatic nitrogens is 1. The molecule has 1 aromatic rings. The SMILES string of the molecule is Cc1cnccc1NC(=O)C1CCCOC1C. The van der Waals surface area contributed by atoms with Crippen LogP contribution in [-0.2, 0) is 9.53 Å². The Hall–Kier alpha value is -1.42. The minimum absolute atomic E-state index is 0.00546. The van der Waals surface area contributed by atoms with Gasteiger partial charge in [-0.1, -0.05) is 0 Å². The fraction of sp³-hybridized carbons (Fsp3) is 0.538. The second-order valence-corrected chi connectivity index (χ2v) is 4.50. The van der Waals surface area contributed by atoms with Crippen LogP contribution in [0.1, 0.15) is 25.3 Å². The molecule has 2 atom stereocenters. The molecule has 1 saturated heterocycles. The Morgan fingerprint density at radius 2 is 2.41 bits per heavy atom. The van der Waals surface area contributed by atoms with Crippen molar-refractivity contribution in [2.45, 2.75) is 32.8 Å². The van der Waals surface area contributed by atoms with E-state index in [0.29, 0.717) is 0 Å². The molecule has 4 heteroatoms. The summed E-state index contributed by atoms with van der Waals surface area (Å²) in [6.45, 7) is 4.66. The summed E-state index contributed by atoms with van der Waals surface area (Å²) in [7, 11) is 0. The molecule has 4 nitrogen and oxygen atoms in total. The smallest absolute Gasteiger partial charge is 0.230 e. The van der Waals surface area contributed by atoms with E-state index in [1.807, 2.05) is 19.9 Å². The first-order valence-electron chi connectivity index (χ1n) is 6.01. The number of carbonyl (C=O) groups excluding carboxylic acids is 1. The maximum Gasteiger partial charge on any atom is 0.230 e. The number of aryl methyl sites for hydroxylation is 1. The Morgan fingerprint density at radius 3 is 3.12 bits per heavy atom. The molecule has 0 radical (unpaired) electrons. The number of hydrogen-bond donors (Lipinski definition) is 1. The lowest BCUT2D eigenvalue weighted by molar-refractivity contribution is -0.127. The quantitative estimate of drug-likeness (QED) is 0.853. The summed E-state index contributed by atoms with van der Waals surface area (Å²) in [4.78, 5) is 16.1. The van der Waals surface area contributed by atoms with Gasteiger partial charge in [-0.25, -0.2) is 0 Å². The van der Waals surface area contributed by atoms with Crippen LogP contribution < -0.4 is 5.32 Å². The normalized spacial score (nSPS) is 24.4. The van der Waals surface area contributed by atoms with Crippen LogP contribution in [0.3, 0.4) is 0 Å². The lowest BCUT2D eigenvalue weighted by Crippen LogP contribution is -2.36. The number of pyridine rings is 1. The third kappa shape index (κ3) is 2.82. The van der Waals surface area contributed by atoms with Crippen LogP contribution in [0.2, 0.25) is 0 Å². The highest BCUT2D eigenvalue weighted by Gasteiger charge is 2.28. The van der Waals surface area contributed by atoms with Crippen LogP contribution >= 0.6 is 0 Å². The molecule has 17 heavy (non-hydrogen) atoms. The van der Waals surface area contributed by atoms with Crippen LogP contribution in [0, 0.1) is 12.8 Å². The van der Waals surface area contributed by atoms with Crippen LogP contribution in [0.5, 0.6) is 0 Å². The lowest BCUT2D eigenvalue weighted by Gasteiger charge is -2.28. The van der Waals surface area contributed by atoms with Gasteiger partial charge in [0.1, 0.15) is 0 Å². The standard InChI is InChI=1S/C13H18N2O2/c1-9-8-14-6-5-12(9)15-13(16)11-4-3-7-17-10(11)2/h5-6,8,10-11H,3-4,7H2,1-2H3,(H,14,15,16). The maximum absolute atomic E-state index is 12.1. The average molecular weight is 234 g/mol. The van der Waals surface area contributed by atoms with Crippen molar-refractivity contribution < 1.29 is 9.53 Å². The Bertz CT molecular complexity index is 406. The lowest BCUT2D eigenvalue weighted by atomic mass is 9.94. The van der Waals surface area contributed by atoms with E-state index in [0.717, 1.165) is 30.7 Å². The fourth-order valence-electron chi connectivity index (χ4n) is 2.11. The number of nitrogens with zero attached hydrogens (tertiary/aromatic N) is 1. The Labute approximate surface area is 101 Å². The highest BCUT2D eigenvalue weighted by atomic mass is 16.5. The molecule has 1 N–H and O–H groups in total. The summed E-state index contributed by atoms with van der Waals surface area (Å²) in [5, 5.41) is 2.95. The monoisotopic (exact) mass is 234 g/mol. The van der Waals surface area contributed by atoms with E-state index < -0.39 is 0 Å². The molecule has 2 heterocycles. The molecule has 1 fully saturated rings. The van der Waals surface area contributed by atoms with E-state index in [1.54, 1.807) is 12.4 Å². The predicted molar refractivity (Wildman–Crippen MR) is 65.7 cm³/mol. The van der Waals surface area contributed by atoms with Gasteiger partial charge in [0.2, 0.25) is 5.91 Å². The van der Waals surface area contributed by atoms with Gasteiger partial charge in [0.15, 0.2) is 0 Å². The molecule has 92 valence electrons. The Kier molecular flexibility index (Phi) is 3.74. The summed E-state index contributed by atoms with van der Waals surface area (Å²) in [6.07, 6.45) is 5.29. The summed E-state index contributed by atoms with van der Waals surface area (Å²) < 4.78 is 5.51. The number of rotatable bonds is 2. The largest absolute Gasteiger partial charge is 0.378 e. The van der Waals surface area contributed by atoms with Gasteiger partial charge < -0.3 is 10.1 Å². The number of hydrogen-bond acceptors (Lipinski definition) is 3. The van der Waals surface area contributed by atoms with Crippen molar-refractivity contribution in [1.29, 1.82) is 0 Å². The highest BCUT2D eigenvalue weighted by molar-refractivity contribution is 5.93. The second kappa shape index (κ2) is 5.27.